The number of methoxy groups -OCH3 is 1. The first-order chi connectivity index (χ1) is 19.0. The summed E-state index contributed by atoms with van der Waals surface area (Å²) in [6, 6.07) is 7.16. The Bertz CT molecular complexity index is 1390. The van der Waals surface area contributed by atoms with E-state index in [1.807, 2.05) is 6.07 Å². The van der Waals surface area contributed by atoms with Crippen molar-refractivity contribution in [1.29, 1.82) is 0 Å². The summed E-state index contributed by atoms with van der Waals surface area (Å²) in [7, 11) is 1.42. The molecule has 0 unspecified atom stereocenters. The Hall–Kier alpha value is -3.41. The second-order valence-electron chi connectivity index (χ2n) is 8.18. The van der Waals surface area contributed by atoms with Gasteiger partial charge in [-0.25, -0.2) is 15.0 Å². The zero-order valence-corrected chi connectivity index (χ0v) is 26.2. The highest BCUT2D eigenvalue weighted by atomic mass is 127. The van der Waals surface area contributed by atoms with Gasteiger partial charge >= 0.3 is 18.0 Å². The molecule has 2 aromatic rings. The van der Waals surface area contributed by atoms with Crippen molar-refractivity contribution in [3.63, 3.8) is 0 Å². The lowest BCUT2D eigenvalue weighted by atomic mass is 9.95. The number of halogens is 2. The Balaban J connectivity index is 1.71. The maximum atomic E-state index is 12.6. The number of nitrogens with zero attached hydrogens (tertiary/aromatic N) is 1. The number of amides is 3. The van der Waals surface area contributed by atoms with Gasteiger partial charge in [0.05, 0.1) is 35.1 Å². The number of benzene rings is 2. The topological polar surface area (TPSA) is 154 Å². The van der Waals surface area contributed by atoms with Gasteiger partial charge in [0.15, 0.2) is 23.9 Å². The average Bonchev–Trinajstić information content (AvgIpc) is 2.88. The lowest BCUT2D eigenvalue weighted by Gasteiger charge is -2.28. The van der Waals surface area contributed by atoms with Crippen LogP contribution in [0, 0.1) is 7.14 Å². The molecule has 0 spiro atoms. The van der Waals surface area contributed by atoms with Gasteiger partial charge in [0.1, 0.15) is 0 Å². The summed E-state index contributed by atoms with van der Waals surface area (Å²) in [5.74, 6) is -0.708. The highest BCUT2D eigenvalue weighted by Crippen LogP contribution is 2.34. The molecule has 3 N–H and O–H groups in total. The van der Waals surface area contributed by atoms with Crippen LogP contribution >= 0.6 is 45.2 Å². The van der Waals surface area contributed by atoms with Crippen LogP contribution in [0.25, 0.3) is 0 Å². The number of carbonyl (C=O) groups is 4. The van der Waals surface area contributed by atoms with E-state index in [1.54, 1.807) is 38.1 Å². The minimum atomic E-state index is -0.783. The summed E-state index contributed by atoms with van der Waals surface area (Å²) in [4.78, 5) is 48.5. The van der Waals surface area contributed by atoms with Crippen LogP contribution in [0.5, 0.6) is 17.2 Å². The van der Waals surface area contributed by atoms with Gasteiger partial charge in [0.25, 0.3) is 5.91 Å². The molecule has 1 aliphatic heterocycles. The van der Waals surface area contributed by atoms with Gasteiger partial charge in [-0.05, 0) is 88.9 Å². The highest BCUT2D eigenvalue weighted by Gasteiger charge is 2.32. The zero-order chi connectivity index (χ0) is 29.4. The average molecular weight is 776 g/mol. The van der Waals surface area contributed by atoms with Gasteiger partial charge in [-0.2, -0.15) is 5.10 Å². The predicted molar refractivity (Wildman–Crippen MR) is 161 cm³/mol. The molecule has 0 bridgehead atoms. The quantitative estimate of drug-likeness (QED) is 0.109. The molecule has 12 nitrogen and oxygen atoms in total. The van der Waals surface area contributed by atoms with E-state index < -0.39 is 29.9 Å². The van der Waals surface area contributed by atoms with Crippen molar-refractivity contribution in [1.82, 2.24) is 16.1 Å². The molecule has 0 radical (unpaired) electrons. The Morgan fingerprint density at radius 1 is 1.15 bits per heavy atom. The van der Waals surface area contributed by atoms with Crippen LogP contribution in [-0.4, -0.2) is 50.4 Å². The summed E-state index contributed by atoms with van der Waals surface area (Å²) in [5.41, 5.74) is 4.07. The monoisotopic (exact) mass is 776 g/mol. The number of allylic oxidation sites excluding steroid dienone is 1. The molecular weight excluding hydrogens is 750 g/mol. The van der Waals surface area contributed by atoms with Gasteiger partial charge in [-0.15, -0.1) is 0 Å². The van der Waals surface area contributed by atoms with Crippen molar-refractivity contribution >= 4 is 75.3 Å². The molecule has 3 amide bonds. The summed E-state index contributed by atoms with van der Waals surface area (Å²) >= 11 is 4.17. The van der Waals surface area contributed by atoms with Gasteiger partial charge < -0.3 is 29.6 Å². The molecular formula is C26H26I2N4O8. The predicted octanol–water partition coefficient (Wildman–Crippen LogP) is 3.55. The van der Waals surface area contributed by atoms with Crippen molar-refractivity contribution in [2.75, 3.05) is 20.3 Å². The number of hydrogen-bond donors (Lipinski definition) is 3. The number of nitrogens with one attached hydrogen (secondary N) is 3. The van der Waals surface area contributed by atoms with E-state index in [2.05, 4.69) is 66.3 Å². The lowest BCUT2D eigenvalue weighted by Crippen LogP contribution is -2.45. The van der Waals surface area contributed by atoms with E-state index in [0.29, 0.717) is 22.6 Å². The fourth-order valence-corrected chi connectivity index (χ4v) is 5.68. The number of ether oxygens (including phenoxy) is 4. The third kappa shape index (κ3) is 8.06. The van der Waals surface area contributed by atoms with Crippen LogP contribution in [0.15, 0.2) is 46.7 Å². The van der Waals surface area contributed by atoms with Gasteiger partial charge in [0, 0.05) is 21.8 Å². The van der Waals surface area contributed by atoms with E-state index in [9.17, 15) is 19.2 Å². The molecule has 0 saturated carbocycles. The van der Waals surface area contributed by atoms with E-state index in [1.165, 1.54) is 20.2 Å². The van der Waals surface area contributed by atoms with Crippen LogP contribution in [0.1, 0.15) is 37.9 Å². The minimum absolute atomic E-state index is 0.176. The fraction of sp³-hybridized carbons (Fsp3) is 0.269. The molecule has 212 valence electrons. The number of hydrazone groups is 1. The number of carbonyl (C=O) groups excluding carboxylic acids is 4. The maximum Gasteiger partial charge on any atom is 0.338 e. The van der Waals surface area contributed by atoms with Crippen LogP contribution in [0.2, 0.25) is 0 Å². The second-order valence-corrected chi connectivity index (χ2v) is 10.6. The molecule has 3 rings (SSSR count). The van der Waals surface area contributed by atoms with Gasteiger partial charge in [-0.3, -0.25) is 9.59 Å². The molecule has 0 fully saturated rings. The van der Waals surface area contributed by atoms with Crippen LogP contribution in [0.3, 0.4) is 0 Å². The smallest absolute Gasteiger partial charge is 0.338 e. The molecule has 14 heteroatoms. The molecule has 0 saturated heterocycles. The first-order valence-electron chi connectivity index (χ1n) is 11.8. The van der Waals surface area contributed by atoms with E-state index in [-0.39, 0.29) is 30.3 Å². The Morgan fingerprint density at radius 3 is 2.58 bits per heavy atom. The molecule has 1 heterocycles. The Morgan fingerprint density at radius 2 is 1.90 bits per heavy atom. The largest absolute Gasteiger partial charge is 0.493 e. The highest BCUT2D eigenvalue weighted by molar-refractivity contribution is 14.1. The van der Waals surface area contributed by atoms with Crippen molar-refractivity contribution in [2.45, 2.75) is 26.8 Å². The standard InChI is InChI=1S/C26H26I2N4O8/c1-5-38-25(35)22-13(2)30-26(36)31-23(22)15-6-7-19(20(9-15)37-4)39-12-21(34)32-29-11-16-8-17(27)10-18(28)24(16)40-14(3)33/h6-11,23H,5,12H2,1-4H3,(H,32,34)(H2,30,31,36)/b29-11+/t23-/m0/s1. The van der Waals surface area contributed by atoms with Crippen molar-refractivity contribution in [3.05, 3.63) is 59.9 Å². The summed E-state index contributed by atoms with van der Waals surface area (Å²) in [5, 5.41) is 9.24. The summed E-state index contributed by atoms with van der Waals surface area (Å²) < 4.78 is 23.1. The van der Waals surface area contributed by atoms with Crippen LogP contribution in [-0.2, 0) is 19.1 Å². The van der Waals surface area contributed by atoms with E-state index in [4.69, 9.17) is 18.9 Å². The molecule has 0 aromatic heterocycles. The van der Waals surface area contributed by atoms with E-state index >= 15 is 0 Å². The van der Waals surface area contributed by atoms with Crippen molar-refractivity contribution in [2.24, 2.45) is 5.10 Å². The van der Waals surface area contributed by atoms with Crippen LogP contribution < -0.4 is 30.3 Å². The van der Waals surface area contributed by atoms with E-state index in [0.717, 1.165) is 7.14 Å². The van der Waals surface area contributed by atoms with Gasteiger partial charge in [-0.1, -0.05) is 6.07 Å². The summed E-state index contributed by atoms with van der Waals surface area (Å²) in [6.07, 6.45) is 1.37. The van der Waals surface area contributed by atoms with Crippen molar-refractivity contribution < 1.29 is 38.1 Å². The third-order valence-electron chi connectivity index (χ3n) is 5.32. The second kappa shape index (κ2) is 14.3. The number of urea groups is 1. The van der Waals surface area contributed by atoms with Crippen LogP contribution in [0.4, 0.5) is 4.79 Å². The maximum absolute atomic E-state index is 12.6. The Labute approximate surface area is 257 Å². The number of rotatable bonds is 10. The summed E-state index contributed by atoms with van der Waals surface area (Å²) in [6.45, 7) is 4.40. The lowest BCUT2D eigenvalue weighted by molar-refractivity contribution is -0.139. The molecule has 1 atom stereocenters. The molecule has 2 aromatic carbocycles. The first kappa shape index (κ1) is 31.1. The zero-order valence-electron chi connectivity index (χ0n) is 21.9. The SMILES string of the molecule is CCOC(=O)C1=C(C)NC(=O)N[C@H]1c1ccc(OCC(=O)N/N=C/c2cc(I)cc(I)c2OC(C)=O)c(OC)c1. The third-order valence-corrected chi connectivity index (χ3v) is 6.74. The fourth-order valence-electron chi connectivity index (χ4n) is 3.68. The normalized spacial score (nSPS) is 14.8. The minimum Gasteiger partial charge on any atom is -0.493 e. The van der Waals surface area contributed by atoms with Gasteiger partial charge in [0.2, 0.25) is 0 Å². The molecule has 40 heavy (non-hydrogen) atoms. The number of esters is 2. The number of hydrogen-bond acceptors (Lipinski definition) is 9. The molecule has 1 aliphatic rings. The molecule has 0 aliphatic carbocycles. The first-order valence-corrected chi connectivity index (χ1v) is 13.9. The van der Waals surface area contributed by atoms with Crippen molar-refractivity contribution in [3.8, 4) is 17.2 Å². The Kier molecular flexibility index (Phi) is 11.1.